The number of nitrogens with zero attached hydrogens (tertiary/aromatic N) is 2. The molecule has 0 radical (unpaired) electrons. The Balaban J connectivity index is 1.42. The summed E-state index contributed by atoms with van der Waals surface area (Å²) in [5.41, 5.74) is 2.52. The second kappa shape index (κ2) is 9.69. The number of carbonyl (C=O) groups is 3. The van der Waals surface area contributed by atoms with Gasteiger partial charge in [0, 0.05) is 55.7 Å². The Bertz CT molecular complexity index is 839. The maximum absolute atomic E-state index is 12.7. The Labute approximate surface area is 175 Å². The van der Waals surface area contributed by atoms with E-state index in [0.29, 0.717) is 49.8 Å². The van der Waals surface area contributed by atoms with Crippen LogP contribution in [-0.2, 0) is 4.79 Å². The lowest BCUT2D eigenvalue weighted by Gasteiger charge is -2.35. The van der Waals surface area contributed by atoms with Crippen LogP contribution in [0.3, 0.4) is 0 Å². The van der Waals surface area contributed by atoms with Crippen LogP contribution in [0, 0.1) is 0 Å². The zero-order chi connectivity index (χ0) is 20.8. The average Bonchev–Trinajstić information content (AvgIpc) is 3.28. The number of piperazine rings is 1. The number of hydrogen-bond acceptors (Lipinski definition) is 4. The highest BCUT2D eigenvalue weighted by atomic mass is 32.1. The van der Waals surface area contributed by atoms with Crippen molar-refractivity contribution in [1.82, 2.24) is 15.1 Å². The minimum Gasteiger partial charge on any atom is -0.351 e. The van der Waals surface area contributed by atoms with E-state index in [1.54, 1.807) is 21.2 Å². The Kier molecular flexibility index (Phi) is 7.04. The van der Waals surface area contributed by atoms with Crippen molar-refractivity contribution in [3.05, 3.63) is 57.8 Å². The highest BCUT2D eigenvalue weighted by Crippen LogP contribution is 2.16. The van der Waals surface area contributed by atoms with Gasteiger partial charge >= 0.3 is 0 Å². The molecule has 1 aromatic carbocycles. The molecular formula is C22H27N3O3S. The summed E-state index contributed by atoms with van der Waals surface area (Å²) in [6.45, 7) is 6.66. The molecule has 2 aromatic rings. The van der Waals surface area contributed by atoms with Crippen LogP contribution in [0.4, 0.5) is 0 Å². The fourth-order valence-corrected chi connectivity index (χ4v) is 3.92. The van der Waals surface area contributed by atoms with Gasteiger partial charge in [0.25, 0.3) is 11.8 Å². The summed E-state index contributed by atoms with van der Waals surface area (Å²) in [6, 6.07) is 9.52. The van der Waals surface area contributed by atoms with Gasteiger partial charge in [0.2, 0.25) is 5.91 Å². The van der Waals surface area contributed by atoms with E-state index in [1.165, 1.54) is 16.9 Å². The van der Waals surface area contributed by atoms with Gasteiger partial charge in [-0.15, -0.1) is 0 Å². The van der Waals surface area contributed by atoms with Crippen LogP contribution in [0.2, 0.25) is 0 Å². The zero-order valence-corrected chi connectivity index (χ0v) is 17.7. The molecule has 0 saturated carbocycles. The Hall–Kier alpha value is -2.67. The van der Waals surface area contributed by atoms with Crippen LogP contribution in [0.15, 0.2) is 41.1 Å². The smallest absolute Gasteiger partial charge is 0.253 e. The second-order valence-electron chi connectivity index (χ2n) is 7.47. The molecule has 154 valence electrons. The lowest BCUT2D eigenvalue weighted by atomic mass is 10.0. The summed E-state index contributed by atoms with van der Waals surface area (Å²) in [7, 11) is 0. The zero-order valence-electron chi connectivity index (χ0n) is 16.9. The molecule has 7 heteroatoms. The van der Waals surface area contributed by atoms with Crippen LogP contribution in [0.25, 0.3) is 0 Å². The van der Waals surface area contributed by atoms with E-state index in [1.807, 2.05) is 29.6 Å². The molecule has 1 saturated heterocycles. The maximum Gasteiger partial charge on any atom is 0.253 e. The van der Waals surface area contributed by atoms with Crippen molar-refractivity contribution < 1.29 is 14.4 Å². The molecule has 1 aliphatic rings. The van der Waals surface area contributed by atoms with Gasteiger partial charge in [-0.3, -0.25) is 14.4 Å². The van der Waals surface area contributed by atoms with E-state index in [0.717, 1.165) is 0 Å². The van der Waals surface area contributed by atoms with Crippen molar-refractivity contribution in [2.24, 2.45) is 0 Å². The standard InChI is InChI=1S/C22H27N3O3S/c1-16(2)17-3-5-18(6-4-17)22(28)25-12-10-24(11-13-25)20(26)7-9-23-21(27)19-8-14-29-15-19/h3-6,8,14-16H,7,9-13H2,1-2H3,(H,23,27). The lowest BCUT2D eigenvalue weighted by molar-refractivity contribution is -0.132. The number of thiophene rings is 1. The molecule has 1 aliphatic heterocycles. The van der Waals surface area contributed by atoms with Crippen molar-refractivity contribution in [3.8, 4) is 0 Å². The van der Waals surface area contributed by atoms with E-state index < -0.39 is 0 Å². The molecule has 0 aliphatic carbocycles. The third kappa shape index (κ3) is 5.44. The van der Waals surface area contributed by atoms with Gasteiger partial charge < -0.3 is 15.1 Å². The largest absolute Gasteiger partial charge is 0.351 e. The fraction of sp³-hybridized carbons (Fsp3) is 0.409. The van der Waals surface area contributed by atoms with Crippen LogP contribution in [-0.4, -0.2) is 60.2 Å². The SMILES string of the molecule is CC(C)c1ccc(C(=O)N2CCN(C(=O)CCNC(=O)c3ccsc3)CC2)cc1. The molecule has 2 heterocycles. The van der Waals surface area contributed by atoms with Crippen molar-refractivity contribution in [2.75, 3.05) is 32.7 Å². The first-order chi connectivity index (χ1) is 14.0. The summed E-state index contributed by atoms with van der Waals surface area (Å²) in [6.07, 6.45) is 0.264. The van der Waals surface area contributed by atoms with E-state index in [9.17, 15) is 14.4 Å². The Morgan fingerprint density at radius 2 is 1.62 bits per heavy atom. The molecule has 1 fully saturated rings. The van der Waals surface area contributed by atoms with Gasteiger partial charge in [0.05, 0.1) is 0 Å². The summed E-state index contributed by atoms with van der Waals surface area (Å²) >= 11 is 1.46. The quantitative estimate of drug-likeness (QED) is 0.792. The molecule has 0 bridgehead atoms. The normalized spacial score (nSPS) is 14.2. The maximum atomic E-state index is 12.7. The number of hydrogen-bond donors (Lipinski definition) is 1. The van der Waals surface area contributed by atoms with E-state index >= 15 is 0 Å². The molecule has 0 unspecified atom stereocenters. The molecular weight excluding hydrogens is 386 g/mol. The summed E-state index contributed by atoms with van der Waals surface area (Å²) in [5, 5.41) is 6.40. The van der Waals surface area contributed by atoms with Crippen molar-refractivity contribution in [3.63, 3.8) is 0 Å². The summed E-state index contributed by atoms with van der Waals surface area (Å²) < 4.78 is 0. The summed E-state index contributed by atoms with van der Waals surface area (Å²) in [4.78, 5) is 40.5. The van der Waals surface area contributed by atoms with Gasteiger partial charge in [-0.2, -0.15) is 11.3 Å². The summed E-state index contributed by atoms with van der Waals surface area (Å²) in [5.74, 6) is 0.293. The van der Waals surface area contributed by atoms with Crippen molar-refractivity contribution in [1.29, 1.82) is 0 Å². The number of rotatable bonds is 6. The van der Waals surface area contributed by atoms with Crippen molar-refractivity contribution >= 4 is 29.1 Å². The molecule has 0 spiro atoms. The van der Waals surface area contributed by atoms with E-state index in [4.69, 9.17) is 0 Å². The number of amides is 3. The molecule has 3 rings (SSSR count). The lowest BCUT2D eigenvalue weighted by Crippen LogP contribution is -2.51. The van der Waals surface area contributed by atoms with Gasteiger partial charge in [-0.05, 0) is 35.1 Å². The monoisotopic (exact) mass is 413 g/mol. The minimum absolute atomic E-state index is 0.00371. The fourth-order valence-electron chi connectivity index (χ4n) is 3.29. The number of benzene rings is 1. The Morgan fingerprint density at radius 3 is 2.21 bits per heavy atom. The third-order valence-electron chi connectivity index (χ3n) is 5.15. The topological polar surface area (TPSA) is 69.7 Å². The first-order valence-electron chi connectivity index (χ1n) is 9.93. The molecule has 0 atom stereocenters. The molecule has 6 nitrogen and oxygen atoms in total. The predicted molar refractivity (Wildman–Crippen MR) is 114 cm³/mol. The van der Waals surface area contributed by atoms with Gasteiger partial charge in [0.1, 0.15) is 0 Å². The molecule has 1 N–H and O–H groups in total. The van der Waals surface area contributed by atoms with Gasteiger partial charge in [0.15, 0.2) is 0 Å². The first kappa shape index (κ1) is 21.0. The predicted octanol–water partition coefficient (Wildman–Crippen LogP) is 2.98. The second-order valence-corrected chi connectivity index (χ2v) is 8.25. The highest BCUT2D eigenvalue weighted by Gasteiger charge is 2.24. The minimum atomic E-state index is -0.155. The van der Waals surface area contributed by atoms with Crippen LogP contribution >= 0.6 is 11.3 Å². The van der Waals surface area contributed by atoms with E-state index in [-0.39, 0.29) is 24.1 Å². The first-order valence-corrected chi connectivity index (χ1v) is 10.9. The molecule has 29 heavy (non-hydrogen) atoms. The van der Waals surface area contributed by atoms with Crippen LogP contribution in [0.5, 0.6) is 0 Å². The van der Waals surface area contributed by atoms with Crippen LogP contribution < -0.4 is 5.32 Å². The van der Waals surface area contributed by atoms with Crippen LogP contribution in [0.1, 0.15) is 52.5 Å². The third-order valence-corrected chi connectivity index (χ3v) is 5.83. The van der Waals surface area contributed by atoms with Gasteiger partial charge in [-0.25, -0.2) is 0 Å². The average molecular weight is 414 g/mol. The number of carbonyl (C=O) groups excluding carboxylic acids is 3. The number of nitrogens with one attached hydrogen (secondary N) is 1. The highest BCUT2D eigenvalue weighted by molar-refractivity contribution is 7.08. The molecule has 1 aromatic heterocycles. The Morgan fingerprint density at radius 1 is 0.966 bits per heavy atom. The van der Waals surface area contributed by atoms with E-state index in [2.05, 4.69) is 19.2 Å². The molecule has 3 amide bonds. The van der Waals surface area contributed by atoms with Crippen molar-refractivity contribution in [2.45, 2.75) is 26.2 Å². The van der Waals surface area contributed by atoms with Gasteiger partial charge in [-0.1, -0.05) is 26.0 Å².